The third kappa shape index (κ3) is 4.82. The van der Waals surface area contributed by atoms with Crippen LogP contribution in [0.1, 0.15) is 57.3 Å². The van der Waals surface area contributed by atoms with Crippen LogP contribution in [0.15, 0.2) is 4.52 Å². The molecule has 0 amide bonds. The van der Waals surface area contributed by atoms with E-state index in [0.29, 0.717) is 0 Å². The average molecular weight is 266 g/mol. The van der Waals surface area contributed by atoms with Crippen molar-refractivity contribution in [3.8, 4) is 0 Å². The lowest BCUT2D eigenvalue weighted by Crippen LogP contribution is -2.24. The minimum atomic E-state index is 0.784. The number of hydrogen-bond acceptors (Lipinski definition) is 5. The largest absolute Gasteiger partial charge is 0.338 e. The van der Waals surface area contributed by atoms with Crippen molar-refractivity contribution in [2.45, 2.75) is 57.8 Å². The van der Waals surface area contributed by atoms with Crippen molar-refractivity contribution < 1.29 is 4.52 Å². The smallest absolute Gasteiger partial charge is 0.266 e. The lowest BCUT2D eigenvalue weighted by Gasteiger charge is -2.16. The first-order chi connectivity index (χ1) is 9.40. The Morgan fingerprint density at radius 2 is 1.74 bits per heavy atom. The molecule has 0 spiro atoms. The number of unbranched alkanes of at least 4 members (excludes halogenated alkanes) is 3. The number of aryl methyl sites for hydroxylation is 1. The summed E-state index contributed by atoms with van der Waals surface area (Å²) in [5.74, 6) is 1.57. The maximum absolute atomic E-state index is 5.47. The Morgan fingerprint density at radius 1 is 1.00 bits per heavy atom. The summed E-state index contributed by atoms with van der Waals surface area (Å²) in [5, 5.41) is 4.12. The summed E-state index contributed by atoms with van der Waals surface area (Å²) in [6, 6.07) is 0. The third-order valence-electron chi connectivity index (χ3n) is 3.69. The van der Waals surface area contributed by atoms with Crippen LogP contribution in [-0.4, -0.2) is 29.8 Å². The SMILES string of the molecule is NCCCCCCc1nc(N2CCCCCC2)no1. The van der Waals surface area contributed by atoms with Crippen LogP contribution >= 0.6 is 0 Å². The van der Waals surface area contributed by atoms with Crippen LogP contribution in [0.3, 0.4) is 0 Å². The first-order valence-electron chi connectivity index (χ1n) is 7.68. The number of rotatable bonds is 7. The first-order valence-corrected chi connectivity index (χ1v) is 7.68. The summed E-state index contributed by atoms with van der Waals surface area (Å²) < 4.78 is 5.34. The van der Waals surface area contributed by atoms with Crippen molar-refractivity contribution in [2.24, 2.45) is 5.73 Å². The number of nitrogens with zero attached hydrogens (tertiary/aromatic N) is 3. The summed E-state index contributed by atoms with van der Waals surface area (Å²) in [4.78, 5) is 6.78. The van der Waals surface area contributed by atoms with E-state index < -0.39 is 0 Å². The standard InChI is InChI=1S/C14H26N4O/c15-10-6-2-1-5-9-13-16-14(17-19-13)18-11-7-3-4-8-12-18/h1-12,15H2. The fraction of sp³-hybridized carbons (Fsp3) is 0.857. The second kappa shape index (κ2) is 8.15. The highest BCUT2D eigenvalue weighted by Gasteiger charge is 2.15. The van der Waals surface area contributed by atoms with Crippen molar-refractivity contribution >= 4 is 5.95 Å². The molecule has 1 aromatic heterocycles. The highest BCUT2D eigenvalue weighted by molar-refractivity contribution is 5.27. The lowest BCUT2D eigenvalue weighted by atomic mass is 10.1. The molecule has 0 atom stereocenters. The first kappa shape index (κ1) is 14.3. The number of hydrogen-bond donors (Lipinski definition) is 1. The van der Waals surface area contributed by atoms with E-state index in [1.54, 1.807) is 0 Å². The molecule has 0 bridgehead atoms. The van der Waals surface area contributed by atoms with Gasteiger partial charge in [0, 0.05) is 19.5 Å². The predicted molar refractivity (Wildman–Crippen MR) is 76.2 cm³/mol. The van der Waals surface area contributed by atoms with E-state index in [1.807, 2.05) is 0 Å². The monoisotopic (exact) mass is 266 g/mol. The maximum Gasteiger partial charge on any atom is 0.266 e. The Bertz CT molecular complexity index is 345. The highest BCUT2D eigenvalue weighted by Crippen LogP contribution is 2.17. The molecule has 2 rings (SSSR count). The van der Waals surface area contributed by atoms with Crippen molar-refractivity contribution in [3.05, 3.63) is 5.89 Å². The molecule has 1 fully saturated rings. The Labute approximate surface area is 115 Å². The molecule has 2 heterocycles. The molecule has 2 N–H and O–H groups in total. The quantitative estimate of drug-likeness (QED) is 0.768. The van der Waals surface area contributed by atoms with E-state index in [1.165, 1.54) is 38.5 Å². The minimum absolute atomic E-state index is 0.784. The van der Waals surface area contributed by atoms with E-state index in [9.17, 15) is 0 Å². The van der Waals surface area contributed by atoms with Gasteiger partial charge in [-0.3, -0.25) is 0 Å². The molecule has 5 nitrogen and oxygen atoms in total. The second-order valence-electron chi connectivity index (χ2n) is 5.34. The van der Waals surface area contributed by atoms with E-state index in [0.717, 1.165) is 50.7 Å². The molecule has 0 radical (unpaired) electrons. The zero-order valence-electron chi connectivity index (χ0n) is 11.8. The Hall–Kier alpha value is -1.10. The molecular weight excluding hydrogens is 240 g/mol. The van der Waals surface area contributed by atoms with Gasteiger partial charge in [0.15, 0.2) is 0 Å². The summed E-state index contributed by atoms with van der Waals surface area (Å²) in [7, 11) is 0. The molecule has 0 aliphatic carbocycles. The fourth-order valence-electron chi connectivity index (χ4n) is 2.52. The molecule has 19 heavy (non-hydrogen) atoms. The molecule has 1 aliphatic heterocycles. The normalized spacial score (nSPS) is 16.6. The minimum Gasteiger partial charge on any atom is -0.338 e. The van der Waals surface area contributed by atoms with Gasteiger partial charge in [0.05, 0.1) is 0 Å². The molecule has 108 valence electrons. The van der Waals surface area contributed by atoms with E-state index in [4.69, 9.17) is 10.3 Å². The van der Waals surface area contributed by atoms with Gasteiger partial charge < -0.3 is 15.2 Å². The molecule has 0 unspecified atom stereocenters. The van der Waals surface area contributed by atoms with Gasteiger partial charge in [-0.15, -0.1) is 0 Å². The molecule has 0 aromatic carbocycles. The van der Waals surface area contributed by atoms with Crippen LogP contribution in [-0.2, 0) is 6.42 Å². The Kier molecular flexibility index (Phi) is 6.14. The summed E-state index contributed by atoms with van der Waals surface area (Å²) >= 11 is 0. The van der Waals surface area contributed by atoms with Gasteiger partial charge in [0.25, 0.3) is 5.95 Å². The van der Waals surface area contributed by atoms with Gasteiger partial charge in [-0.25, -0.2) is 0 Å². The van der Waals surface area contributed by atoms with Crippen LogP contribution in [0.25, 0.3) is 0 Å². The second-order valence-corrected chi connectivity index (χ2v) is 5.34. The van der Waals surface area contributed by atoms with Gasteiger partial charge in [0.1, 0.15) is 0 Å². The molecule has 1 saturated heterocycles. The zero-order valence-corrected chi connectivity index (χ0v) is 11.8. The van der Waals surface area contributed by atoms with E-state index in [-0.39, 0.29) is 0 Å². The Morgan fingerprint density at radius 3 is 2.47 bits per heavy atom. The zero-order chi connectivity index (χ0) is 13.3. The molecule has 5 heteroatoms. The third-order valence-corrected chi connectivity index (χ3v) is 3.69. The van der Waals surface area contributed by atoms with Crippen LogP contribution in [0.5, 0.6) is 0 Å². The maximum atomic E-state index is 5.47. The van der Waals surface area contributed by atoms with Gasteiger partial charge >= 0.3 is 0 Å². The lowest BCUT2D eigenvalue weighted by molar-refractivity contribution is 0.372. The molecule has 1 aromatic rings. The number of anilines is 1. The van der Waals surface area contributed by atoms with Gasteiger partial charge in [0.2, 0.25) is 5.89 Å². The topological polar surface area (TPSA) is 68.2 Å². The summed E-state index contributed by atoms with van der Waals surface area (Å²) in [5.41, 5.74) is 5.47. The van der Waals surface area contributed by atoms with E-state index >= 15 is 0 Å². The van der Waals surface area contributed by atoms with Crippen molar-refractivity contribution in [3.63, 3.8) is 0 Å². The van der Waals surface area contributed by atoms with Gasteiger partial charge in [-0.05, 0) is 37.4 Å². The highest BCUT2D eigenvalue weighted by atomic mass is 16.5. The van der Waals surface area contributed by atoms with Crippen LogP contribution in [0, 0.1) is 0 Å². The number of aromatic nitrogens is 2. The van der Waals surface area contributed by atoms with Crippen molar-refractivity contribution in [1.29, 1.82) is 0 Å². The average Bonchev–Trinajstić information content (AvgIpc) is 2.72. The van der Waals surface area contributed by atoms with Crippen LogP contribution in [0.2, 0.25) is 0 Å². The molecular formula is C14H26N4O. The van der Waals surface area contributed by atoms with Gasteiger partial charge in [-0.1, -0.05) is 25.7 Å². The molecule has 1 aliphatic rings. The van der Waals surface area contributed by atoms with Crippen molar-refractivity contribution in [1.82, 2.24) is 10.1 Å². The van der Waals surface area contributed by atoms with Gasteiger partial charge in [-0.2, -0.15) is 4.98 Å². The number of nitrogens with two attached hydrogens (primary N) is 1. The van der Waals surface area contributed by atoms with E-state index in [2.05, 4.69) is 15.0 Å². The summed E-state index contributed by atoms with van der Waals surface area (Å²) in [6.45, 7) is 2.92. The summed E-state index contributed by atoms with van der Waals surface area (Å²) in [6.07, 6.45) is 10.6. The molecule has 0 saturated carbocycles. The fourth-order valence-corrected chi connectivity index (χ4v) is 2.52. The Balaban J connectivity index is 1.74. The van der Waals surface area contributed by atoms with Crippen LogP contribution < -0.4 is 10.6 Å². The van der Waals surface area contributed by atoms with Crippen molar-refractivity contribution in [2.75, 3.05) is 24.5 Å². The predicted octanol–water partition coefficient (Wildman–Crippen LogP) is 2.51. The van der Waals surface area contributed by atoms with Crippen LogP contribution in [0.4, 0.5) is 5.95 Å².